The topological polar surface area (TPSA) is 253 Å². The van der Waals surface area contributed by atoms with Crippen LogP contribution in [0.1, 0.15) is 104 Å². The van der Waals surface area contributed by atoms with Gasteiger partial charge in [0.05, 0.1) is 29.5 Å². The highest BCUT2D eigenvalue weighted by molar-refractivity contribution is 6.68. The van der Waals surface area contributed by atoms with Crippen molar-refractivity contribution in [2.24, 2.45) is 16.7 Å². The molecule has 26 heteroatoms. The van der Waals surface area contributed by atoms with Crippen molar-refractivity contribution < 1.29 is 90.8 Å². The van der Waals surface area contributed by atoms with Crippen LogP contribution in [0.4, 0.5) is 14.4 Å². The lowest BCUT2D eigenvalue weighted by atomic mass is 9.44. The number of amides is 1. The molecule has 4 aliphatic rings. The van der Waals surface area contributed by atoms with Gasteiger partial charge in [-0.25, -0.2) is 24.0 Å². The highest BCUT2D eigenvalue weighted by Crippen LogP contribution is 2.65. The molecule has 2 saturated carbocycles. The van der Waals surface area contributed by atoms with E-state index in [0.717, 1.165) is 6.92 Å². The Kier molecular flexibility index (Phi) is 19.9. The van der Waals surface area contributed by atoms with Crippen LogP contribution in [-0.2, 0) is 66.5 Å². The van der Waals surface area contributed by atoms with Gasteiger partial charge in [-0.05, 0) is 77.3 Å². The number of ketones is 1. The summed E-state index contributed by atoms with van der Waals surface area (Å²) in [5.74, 6) is -6.13. The Hall–Kier alpha value is -4.35. The molecule has 0 spiro atoms. The first-order chi connectivity index (χ1) is 36.6. The van der Waals surface area contributed by atoms with Crippen molar-refractivity contribution in [3.8, 4) is 0 Å². The number of nitrogens with one attached hydrogen (secondary N) is 1. The van der Waals surface area contributed by atoms with Crippen LogP contribution >= 0.6 is 69.6 Å². The number of benzene rings is 2. The fourth-order valence-electron chi connectivity index (χ4n) is 10.9. The lowest BCUT2D eigenvalue weighted by Gasteiger charge is -2.67. The van der Waals surface area contributed by atoms with Crippen molar-refractivity contribution in [2.45, 2.75) is 155 Å². The van der Waals surface area contributed by atoms with E-state index in [1.807, 2.05) is 0 Å². The zero-order valence-electron chi connectivity index (χ0n) is 44.8. The summed E-state index contributed by atoms with van der Waals surface area (Å²) in [6.45, 7) is 12.7. The maximum absolute atomic E-state index is 16.5. The molecule has 3 aliphatic carbocycles. The molecule has 436 valence electrons. The van der Waals surface area contributed by atoms with E-state index in [1.165, 1.54) is 46.8 Å². The van der Waals surface area contributed by atoms with Crippen molar-refractivity contribution in [3.05, 3.63) is 82.9 Å². The van der Waals surface area contributed by atoms with Crippen molar-refractivity contribution in [2.75, 3.05) is 26.4 Å². The van der Waals surface area contributed by atoms with E-state index in [4.69, 9.17) is 122 Å². The van der Waals surface area contributed by atoms with Crippen molar-refractivity contribution in [3.63, 3.8) is 0 Å². The maximum atomic E-state index is 16.5. The number of rotatable bonds is 16. The van der Waals surface area contributed by atoms with Gasteiger partial charge in [0, 0.05) is 31.8 Å². The summed E-state index contributed by atoms with van der Waals surface area (Å²) in [6.07, 6.45) is -17.1. The third-order valence-corrected chi connectivity index (χ3v) is 15.0. The van der Waals surface area contributed by atoms with Gasteiger partial charge in [-0.15, -0.1) is 0 Å². The number of Topliss-reactive ketones (excluding diaryl/α,β-unsaturated/α-hetero) is 1. The highest BCUT2D eigenvalue weighted by atomic mass is 35.6. The van der Waals surface area contributed by atoms with Crippen LogP contribution in [0, 0.1) is 16.7 Å². The largest absolute Gasteiger partial charge is 0.509 e. The minimum atomic E-state index is -2.65. The minimum Gasteiger partial charge on any atom is -0.456 e. The molecule has 1 aliphatic heterocycles. The van der Waals surface area contributed by atoms with Gasteiger partial charge in [-0.1, -0.05) is 132 Å². The maximum Gasteiger partial charge on any atom is 0.509 e. The average molecular weight is 1230 g/mol. The summed E-state index contributed by atoms with van der Waals surface area (Å²) >= 11 is 35.6. The van der Waals surface area contributed by atoms with E-state index >= 15 is 9.59 Å². The first-order valence-corrected chi connectivity index (χ1v) is 27.2. The number of aliphatic hydroxyl groups is 1. The summed E-state index contributed by atoms with van der Waals surface area (Å²) in [6, 6.07) is 14.4. The van der Waals surface area contributed by atoms with Crippen molar-refractivity contribution in [1.29, 1.82) is 0 Å². The van der Waals surface area contributed by atoms with Crippen molar-refractivity contribution >= 4 is 112 Å². The Morgan fingerprint density at radius 1 is 0.835 bits per heavy atom. The fourth-order valence-corrected chi connectivity index (χ4v) is 11.3. The summed E-state index contributed by atoms with van der Waals surface area (Å²) in [5, 5.41) is 17.0. The second-order valence-electron chi connectivity index (χ2n) is 21.2. The Morgan fingerprint density at radius 3 is 1.92 bits per heavy atom. The van der Waals surface area contributed by atoms with E-state index in [2.05, 4.69) is 5.32 Å². The Labute approximate surface area is 486 Å². The number of fused-ring (bicyclic) bond motifs is 5. The molecule has 6 rings (SSSR count). The van der Waals surface area contributed by atoms with E-state index in [-0.39, 0.29) is 23.3 Å². The molecule has 3 fully saturated rings. The Balaban J connectivity index is 1.65. The van der Waals surface area contributed by atoms with Gasteiger partial charge in [-0.2, -0.15) is 0 Å². The second-order valence-corrected chi connectivity index (χ2v) is 26.2. The number of hydrogen-bond acceptors (Lipinski definition) is 19. The van der Waals surface area contributed by atoms with Gasteiger partial charge in [0.2, 0.25) is 7.59 Å². The predicted molar refractivity (Wildman–Crippen MR) is 285 cm³/mol. The molecule has 1 unspecified atom stereocenters. The molecule has 2 aromatic rings. The molecule has 1 heterocycles. The zero-order chi connectivity index (χ0) is 58.8. The Bertz CT molecular complexity index is 2620. The number of esters is 3. The second kappa shape index (κ2) is 24.6. The van der Waals surface area contributed by atoms with Gasteiger partial charge in [0.15, 0.2) is 29.9 Å². The number of alkyl halides is 6. The molecule has 0 radical (unpaired) electrons. The van der Waals surface area contributed by atoms with Crippen molar-refractivity contribution in [1.82, 2.24) is 5.32 Å². The van der Waals surface area contributed by atoms with E-state index in [9.17, 15) is 29.1 Å². The normalized spacial score (nSPS) is 28.5. The van der Waals surface area contributed by atoms with Crippen LogP contribution in [0.15, 0.2) is 71.8 Å². The summed E-state index contributed by atoms with van der Waals surface area (Å²) in [4.78, 5) is 101. The molecule has 2 bridgehead atoms. The predicted octanol–water partition coefficient (Wildman–Crippen LogP) is 9.73. The van der Waals surface area contributed by atoms with Crippen LogP contribution in [0.2, 0.25) is 0 Å². The van der Waals surface area contributed by atoms with Gasteiger partial charge in [0.25, 0.3) is 0 Å². The van der Waals surface area contributed by atoms with E-state index in [1.54, 1.807) is 76.2 Å². The van der Waals surface area contributed by atoms with Gasteiger partial charge in [0.1, 0.15) is 48.8 Å². The molecular formula is C53H63Cl6NO19. The molecule has 2 aromatic carbocycles. The number of carbonyl (C=O) groups is 7. The van der Waals surface area contributed by atoms with Crippen LogP contribution in [0.5, 0.6) is 0 Å². The first kappa shape index (κ1) is 63.8. The van der Waals surface area contributed by atoms with E-state index < -0.39 is 165 Å². The monoisotopic (exact) mass is 1230 g/mol. The molecule has 79 heavy (non-hydrogen) atoms. The number of ether oxygens (including phenoxy) is 11. The SMILES string of the molecule is CCOC(C)O[C@@H](C(=O)O[C@H]1C[C@@]2(O)[C@@H](OC(=O)c3ccccc3)[C@@H]3[C@]4(OC(C)=O)CO[C@@H]4C[C@H](OC(=O)OCC(Cl)(Cl)Cl)[C@@]3(C)C(=O)[C@H](OC(=O)OCC(Cl)(Cl)Cl)C(=C1C)C2(C)C)[C@@H](NC(=O)OC(C)(C)C)c1ccccc1. The summed E-state index contributed by atoms with van der Waals surface area (Å²) in [5.41, 5.74) is -9.99. The zero-order valence-corrected chi connectivity index (χ0v) is 49.3. The number of halogens is 6. The average Bonchev–Trinajstić information content (AvgIpc) is 3.47. The molecular weight excluding hydrogens is 1170 g/mol. The molecule has 0 aromatic heterocycles. The van der Waals surface area contributed by atoms with Crippen LogP contribution in [-0.4, -0.2) is 141 Å². The number of hydrogen-bond donors (Lipinski definition) is 2. The number of carbonyl (C=O) groups excluding carboxylic acids is 7. The molecule has 2 N–H and O–H groups in total. The summed E-state index contributed by atoms with van der Waals surface area (Å²) < 4.78 is 60.8. The van der Waals surface area contributed by atoms with Gasteiger partial charge < -0.3 is 62.5 Å². The fraction of sp³-hybridized carbons (Fsp3) is 0.604. The molecule has 12 atom stereocenters. The van der Waals surface area contributed by atoms with Crippen LogP contribution in [0.3, 0.4) is 0 Å². The third kappa shape index (κ3) is 14.3. The quantitative estimate of drug-likeness (QED) is 0.0521. The van der Waals surface area contributed by atoms with Gasteiger partial charge >= 0.3 is 36.3 Å². The minimum absolute atomic E-state index is 0.00590. The lowest BCUT2D eigenvalue weighted by Crippen LogP contribution is -2.82. The highest BCUT2D eigenvalue weighted by Gasteiger charge is 2.79. The standard InChI is InChI=1S/C53H63Cl6NO19/c1-11-69-29(4)73-38(36(30-18-14-12-15-19-30)60-44(65)79-47(5,6)7)43(64)74-32-23-51(68)41(77-42(63)31-20-16-13-17-21-31)39-49(10,40(62)37(35(27(32)2)48(51,8)9)76-46(67)72-26-53(57,58)59)33(75-45(66)71-25-52(54,55)56)22-34-50(39,24-70-34)78-28(3)61/h12-21,29,32-34,36-39,41,68H,11,22-26H2,1-10H3,(H,60,65)/t29?,32-,33-,34+,36-,37+,38+,39-,41-,49+,50-,51+/m0/s1. The molecule has 20 nitrogen and oxygen atoms in total. The van der Waals surface area contributed by atoms with E-state index in [0.29, 0.717) is 5.56 Å². The van der Waals surface area contributed by atoms with Gasteiger partial charge in [-0.3, -0.25) is 9.59 Å². The Morgan fingerprint density at radius 2 is 1.41 bits per heavy atom. The first-order valence-electron chi connectivity index (χ1n) is 25.0. The van der Waals surface area contributed by atoms with Crippen LogP contribution < -0.4 is 5.32 Å². The summed E-state index contributed by atoms with van der Waals surface area (Å²) in [7, 11) is 0. The molecule has 1 saturated heterocycles. The number of alkyl carbamates (subject to hydrolysis) is 1. The molecule has 1 amide bonds. The lowest BCUT2D eigenvalue weighted by molar-refractivity contribution is -0.346. The smallest absolute Gasteiger partial charge is 0.456 e. The van der Waals surface area contributed by atoms with Crippen LogP contribution in [0.25, 0.3) is 0 Å². The third-order valence-electron chi connectivity index (χ3n) is 14.4.